The number of barbiturate groups is 1. The van der Waals surface area contributed by atoms with Crippen LogP contribution in [0.5, 0.6) is 0 Å². The summed E-state index contributed by atoms with van der Waals surface area (Å²) in [5.41, 5.74) is -2.81. The minimum atomic E-state index is -2.49. The lowest BCUT2D eigenvalue weighted by Crippen LogP contribution is -2.76. The van der Waals surface area contributed by atoms with Gasteiger partial charge in [0.05, 0.1) is 0 Å². The predicted molar refractivity (Wildman–Crippen MR) is 58.8 cm³/mol. The number of hydroxylamine groups is 2. The van der Waals surface area contributed by atoms with Crippen LogP contribution >= 0.6 is 0 Å². The van der Waals surface area contributed by atoms with E-state index in [0.29, 0.717) is 0 Å². The standard InChI is InChI=1S/C9H12N4O6/c1-4(12-19-3)9(13(18)5(2)14)6(15)10-8(17)11-7(9)16/h18H,1-3H3,(H2,10,11,15,16,17). The number of hydrogen-bond donors (Lipinski definition) is 3. The molecule has 19 heavy (non-hydrogen) atoms. The summed E-state index contributed by atoms with van der Waals surface area (Å²) in [6.07, 6.45) is 0. The molecule has 0 unspecified atom stereocenters. The van der Waals surface area contributed by atoms with Crippen LogP contribution in [-0.2, 0) is 19.2 Å². The van der Waals surface area contributed by atoms with Crippen molar-refractivity contribution in [3.05, 3.63) is 0 Å². The average Bonchev–Trinajstić information content (AvgIpc) is 2.28. The Hall–Kier alpha value is -2.49. The number of amides is 5. The van der Waals surface area contributed by atoms with Crippen LogP contribution in [0.25, 0.3) is 0 Å². The molecule has 1 heterocycles. The van der Waals surface area contributed by atoms with Crippen molar-refractivity contribution in [3.8, 4) is 0 Å². The Kier molecular flexibility index (Phi) is 3.85. The molecule has 1 rings (SSSR count). The predicted octanol–water partition coefficient (Wildman–Crippen LogP) is -1.65. The van der Waals surface area contributed by atoms with E-state index >= 15 is 0 Å². The number of rotatable bonds is 3. The van der Waals surface area contributed by atoms with Gasteiger partial charge in [0, 0.05) is 6.92 Å². The van der Waals surface area contributed by atoms with E-state index in [4.69, 9.17) is 0 Å². The number of carbonyl (C=O) groups is 4. The van der Waals surface area contributed by atoms with Crippen LogP contribution < -0.4 is 10.6 Å². The van der Waals surface area contributed by atoms with E-state index in [1.807, 2.05) is 0 Å². The van der Waals surface area contributed by atoms with Gasteiger partial charge in [-0.05, 0) is 6.92 Å². The minimum Gasteiger partial charge on any atom is -0.399 e. The van der Waals surface area contributed by atoms with Crippen LogP contribution in [0.4, 0.5) is 4.79 Å². The molecule has 0 aromatic carbocycles. The van der Waals surface area contributed by atoms with Crippen LogP contribution in [0.1, 0.15) is 13.8 Å². The molecule has 0 aromatic rings. The van der Waals surface area contributed by atoms with Crippen molar-refractivity contribution < 1.29 is 29.2 Å². The highest BCUT2D eigenvalue weighted by Gasteiger charge is 2.59. The molecular weight excluding hydrogens is 260 g/mol. The molecule has 0 saturated carbocycles. The zero-order chi connectivity index (χ0) is 14.8. The van der Waals surface area contributed by atoms with E-state index < -0.39 is 29.3 Å². The Morgan fingerprint density at radius 3 is 2.11 bits per heavy atom. The van der Waals surface area contributed by atoms with Gasteiger partial charge in [0.25, 0.3) is 17.4 Å². The van der Waals surface area contributed by atoms with Crippen LogP contribution in [0.2, 0.25) is 0 Å². The molecule has 1 aliphatic heterocycles. The molecule has 0 aromatic heterocycles. The van der Waals surface area contributed by atoms with Gasteiger partial charge in [0.15, 0.2) is 0 Å². The quantitative estimate of drug-likeness (QED) is 0.243. The first-order valence-corrected chi connectivity index (χ1v) is 5.03. The summed E-state index contributed by atoms with van der Waals surface area (Å²) in [6.45, 7) is 2.11. The molecular formula is C9H12N4O6. The average molecular weight is 272 g/mol. The fraction of sp³-hybridized carbons (Fsp3) is 0.444. The summed E-state index contributed by atoms with van der Waals surface area (Å²) >= 11 is 0. The van der Waals surface area contributed by atoms with Gasteiger partial charge >= 0.3 is 6.03 Å². The number of oxime groups is 1. The van der Waals surface area contributed by atoms with E-state index in [1.54, 1.807) is 10.6 Å². The van der Waals surface area contributed by atoms with Crippen LogP contribution in [0.15, 0.2) is 5.16 Å². The van der Waals surface area contributed by atoms with Crippen LogP contribution in [0.3, 0.4) is 0 Å². The van der Waals surface area contributed by atoms with Gasteiger partial charge in [-0.3, -0.25) is 30.2 Å². The largest absolute Gasteiger partial charge is 0.399 e. The number of carbonyl (C=O) groups excluding carboxylic acids is 4. The third kappa shape index (κ3) is 2.12. The molecule has 1 fully saturated rings. The van der Waals surface area contributed by atoms with Gasteiger partial charge in [0.1, 0.15) is 12.8 Å². The number of hydrogen-bond acceptors (Lipinski definition) is 7. The van der Waals surface area contributed by atoms with Crippen molar-refractivity contribution >= 4 is 29.5 Å². The number of imide groups is 2. The zero-order valence-electron chi connectivity index (χ0n) is 10.4. The van der Waals surface area contributed by atoms with Crippen LogP contribution in [0, 0.1) is 0 Å². The lowest BCUT2D eigenvalue weighted by atomic mass is 9.89. The molecule has 0 radical (unpaired) electrons. The molecule has 1 aliphatic rings. The molecule has 10 nitrogen and oxygen atoms in total. The third-order valence-electron chi connectivity index (χ3n) is 2.48. The Bertz CT molecular complexity index is 465. The van der Waals surface area contributed by atoms with E-state index in [0.717, 1.165) is 14.0 Å². The van der Waals surface area contributed by atoms with Crippen molar-refractivity contribution in [3.63, 3.8) is 0 Å². The summed E-state index contributed by atoms with van der Waals surface area (Å²) in [4.78, 5) is 50.6. The fourth-order valence-electron chi connectivity index (χ4n) is 1.63. The van der Waals surface area contributed by atoms with E-state index in [2.05, 4.69) is 9.99 Å². The van der Waals surface area contributed by atoms with Gasteiger partial charge in [-0.2, -0.15) is 5.06 Å². The summed E-state index contributed by atoms with van der Waals surface area (Å²) in [7, 11) is 1.15. The SMILES string of the molecule is CON=C(C)C1(N(O)C(C)=O)C(=O)NC(=O)NC1=O. The smallest absolute Gasteiger partial charge is 0.328 e. The van der Waals surface area contributed by atoms with Gasteiger partial charge in [-0.1, -0.05) is 5.16 Å². The molecule has 1 saturated heterocycles. The first-order chi connectivity index (χ1) is 8.78. The molecule has 0 bridgehead atoms. The van der Waals surface area contributed by atoms with E-state index in [-0.39, 0.29) is 10.8 Å². The third-order valence-corrected chi connectivity index (χ3v) is 2.48. The van der Waals surface area contributed by atoms with Crippen molar-refractivity contribution in [1.29, 1.82) is 0 Å². The van der Waals surface area contributed by atoms with E-state index in [1.165, 1.54) is 6.92 Å². The molecule has 3 N–H and O–H groups in total. The summed E-state index contributed by atoms with van der Waals surface area (Å²) < 4.78 is 0. The number of nitrogens with zero attached hydrogens (tertiary/aromatic N) is 2. The maximum atomic E-state index is 11.9. The van der Waals surface area contributed by atoms with Crippen molar-refractivity contribution in [2.45, 2.75) is 19.4 Å². The first kappa shape index (κ1) is 14.6. The number of nitrogens with one attached hydrogen (secondary N) is 2. The topological polar surface area (TPSA) is 137 Å². The Morgan fingerprint density at radius 2 is 1.74 bits per heavy atom. The fourth-order valence-corrected chi connectivity index (χ4v) is 1.63. The zero-order valence-corrected chi connectivity index (χ0v) is 10.4. The Balaban J connectivity index is 3.46. The van der Waals surface area contributed by atoms with Crippen molar-refractivity contribution in [1.82, 2.24) is 15.7 Å². The molecule has 10 heteroatoms. The summed E-state index contributed by atoms with van der Waals surface area (Å²) in [5.74, 6) is -3.42. The highest BCUT2D eigenvalue weighted by molar-refractivity contribution is 6.36. The first-order valence-electron chi connectivity index (χ1n) is 5.03. The van der Waals surface area contributed by atoms with Crippen LogP contribution in [-0.4, -0.2) is 52.4 Å². The van der Waals surface area contributed by atoms with E-state index in [9.17, 15) is 24.4 Å². The van der Waals surface area contributed by atoms with Gasteiger partial charge in [-0.25, -0.2) is 4.79 Å². The Labute approximate surface area is 107 Å². The summed E-state index contributed by atoms with van der Waals surface area (Å²) in [5, 5.41) is 16.6. The molecule has 5 amide bonds. The number of urea groups is 1. The second-order valence-corrected chi connectivity index (χ2v) is 3.64. The Morgan fingerprint density at radius 1 is 1.26 bits per heavy atom. The normalized spacial score (nSPS) is 18.5. The lowest BCUT2D eigenvalue weighted by molar-refractivity contribution is -0.189. The second kappa shape index (κ2) is 5.02. The summed E-state index contributed by atoms with van der Waals surface area (Å²) in [6, 6.07) is -1.06. The highest BCUT2D eigenvalue weighted by atomic mass is 16.6. The van der Waals surface area contributed by atoms with Crippen molar-refractivity contribution in [2.24, 2.45) is 5.16 Å². The van der Waals surface area contributed by atoms with Crippen molar-refractivity contribution in [2.75, 3.05) is 7.11 Å². The van der Waals surface area contributed by atoms with Gasteiger partial charge in [-0.15, -0.1) is 0 Å². The molecule has 0 atom stereocenters. The highest BCUT2D eigenvalue weighted by Crippen LogP contribution is 2.20. The second-order valence-electron chi connectivity index (χ2n) is 3.64. The van der Waals surface area contributed by atoms with Gasteiger partial charge < -0.3 is 4.84 Å². The maximum Gasteiger partial charge on any atom is 0.328 e. The molecule has 0 aliphatic carbocycles. The minimum absolute atomic E-state index is 0.109. The maximum absolute atomic E-state index is 11.9. The van der Waals surface area contributed by atoms with Gasteiger partial charge in [0.2, 0.25) is 5.91 Å². The molecule has 0 spiro atoms. The monoisotopic (exact) mass is 272 g/mol. The lowest BCUT2D eigenvalue weighted by Gasteiger charge is -2.37. The molecule has 104 valence electrons.